The Morgan fingerprint density at radius 1 is 1.27 bits per heavy atom. The van der Waals surface area contributed by atoms with E-state index >= 15 is 0 Å². The lowest BCUT2D eigenvalue weighted by Gasteiger charge is -2.15. The van der Waals surface area contributed by atoms with Crippen molar-refractivity contribution in [2.75, 3.05) is 6.61 Å². The molecule has 6 heteroatoms. The molecule has 1 amide bonds. The van der Waals surface area contributed by atoms with Gasteiger partial charge in [0, 0.05) is 5.69 Å². The van der Waals surface area contributed by atoms with Gasteiger partial charge in [0.25, 0.3) is 11.5 Å². The second-order valence-electron chi connectivity index (χ2n) is 5.02. The predicted molar refractivity (Wildman–Crippen MR) is 80.6 cm³/mol. The Morgan fingerprint density at radius 2 is 1.95 bits per heavy atom. The Hall–Kier alpha value is -2.63. The summed E-state index contributed by atoms with van der Waals surface area (Å²) in [4.78, 5) is 26.3. The largest absolute Gasteiger partial charge is 0.491 e. The number of halogens is 1. The molecule has 2 N–H and O–H groups in total. The highest BCUT2D eigenvalue weighted by molar-refractivity contribution is 5.93. The van der Waals surface area contributed by atoms with Crippen molar-refractivity contribution in [1.29, 1.82) is 0 Å². The summed E-state index contributed by atoms with van der Waals surface area (Å²) < 4.78 is 18.2. The van der Waals surface area contributed by atoms with Crippen LogP contribution in [0.4, 0.5) is 4.39 Å². The van der Waals surface area contributed by atoms with Gasteiger partial charge in [0.2, 0.25) is 0 Å². The first kappa shape index (κ1) is 15.8. The molecule has 0 saturated carbocycles. The van der Waals surface area contributed by atoms with Crippen molar-refractivity contribution in [3.05, 3.63) is 63.8 Å². The summed E-state index contributed by atoms with van der Waals surface area (Å²) in [5.74, 6) is -0.292. The van der Waals surface area contributed by atoms with E-state index in [0.29, 0.717) is 11.4 Å². The molecule has 0 spiro atoms. The normalized spacial score (nSPS) is 11.8. The topological polar surface area (TPSA) is 71.2 Å². The average Bonchev–Trinajstić information content (AvgIpc) is 2.46. The zero-order valence-corrected chi connectivity index (χ0v) is 12.4. The van der Waals surface area contributed by atoms with Crippen LogP contribution >= 0.6 is 0 Å². The maximum Gasteiger partial charge on any atom is 0.260 e. The highest BCUT2D eigenvalue weighted by Gasteiger charge is 2.13. The fraction of sp³-hybridized carbons (Fsp3) is 0.250. The van der Waals surface area contributed by atoms with Gasteiger partial charge in [-0.05, 0) is 50.2 Å². The number of H-pyrrole nitrogens is 1. The van der Waals surface area contributed by atoms with E-state index in [2.05, 4.69) is 10.3 Å². The van der Waals surface area contributed by atoms with Crippen molar-refractivity contribution < 1.29 is 13.9 Å². The SMILES string of the molecule is Cc1ccc(C(=O)N[C@H](C)COc2ccc(F)cc2)c(=O)[nH]1. The van der Waals surface area contributed by atoms with Crippen LogP contribution in [0.5, 0.6) is 5.75 Å². The Kier molecular flexibility index (Phi) is 4.93. The quantitative estimate of drug-likeness (QED) is 0.888. The minimum Gasteiger partial charge on any atom is -0.491 e. The smallest absolute Gasteiger partial charge is 0.260 e. The number of rotatable bonds is 5. The molecule has 0 unspecified atom stereocenters. The maximum absolute atomic E-state index is 12.8. The van der Waals surface area contributed by atoms with Gasteiger partial charge in [0.1, 0.15) is 23.7 Å². The lowest BCUT2D eigenvalue weighted by atomic mass is 10.2. The van der Waals surface area contributed by atoms with Crippen LogP contribution in [0.2, 0.25) is 0 Å². The number of pyridine rings is 1. The summed E-state index contributed by atoms with van der Waals surface area (Å²) in [5.41, 5.74) is 0.317. The van der Waals surface area contributed by atoms with E-state index in [9.17, 15) is 14.0 Å². The summed E-state index contributed by atoms with van der Waals surface area (Å²) in [7, 11) is 0. The third kappa shape index (κ3) is 4.18. The predicted octanol–water partition coefficient (Wildman–Crippen LogP) is 2.02. The molecule has 22 heavy (non-hydrogen) atoms. The zero-order valence-electron chi connectivity index (χ0n) is 12.4. The lowest BCUT2D eigenvalue weighted by molar-refractivity contribution is 0.0925. The van der Waals surface area contributed by atoms with Crippen LogP contribution in [0.25, 0.3) is 0 Å². The highest BCUT2D eigenvalue weighted by atomic mass is 19.1. The fourth-order valence-electron chi connectivity index (χ4n) is 1.85. The molecule has 1 heterocycles. The highest BCUT2D eigenvalue weighted by Crippen LogP contribution is 2.11. The monoisotopic (exact) mass is 304 g/mol. The van der Waals surface area contributed by atoms with Gasteiger partial charge >= 0.3 is 0 Å². The third-order valence-electron chi connectivity index (χ3n) is 2.99. The summed E-state index contributed by atoms with van der Waals surface area (Å²) >= 11 is 0. The van der Waals surface area contributed by atoms with Crippen molar-refractivity contribution >= 4 is 5.91 Å². The number of ether oxygens (including phenoxy) is 1. The summed E-state index contributed by atoms with van der Waals surface area (Å²) in [5, 5.41) is 2.68. The number of hydrogen-bond acceptors (Lipinski definition) is 3. The first-order valence-corrected chi connectivity index (χ1v) is 6.85. The summed E-state index contributed by atoms with van der Waals surface area (Å²) in [6.45, 7) is 3.70. The minimum absolute atomic E-state index is 0.0548. The van der Waals surface area contributed by atoms with Crippen molar-refractivity contribution in [3.63, 3.8) is 0 Å². The third-order valence-corrected chi connectivity index (χ3v) is 2.99. The standard InChI is InChI=1S/C16H17FN2O3/c1-10-3-8-14(15(20)18-10)16(21)19-11(2)9-22-13-6-4-12(17)5-7-13/h3-8,11H,9H2,1-2H3,(H,18,20)(H,19,21)/t11-/m1/s1. The molecule has 0 radical (unpaired) electrons. The van der Waals surface area contributed by atoms with E-state index in [1.54, 1.807) is 19.9 Å². The Bertz CT molecular complexity index is 710. The van der Waals surface area contributed by atoms with Crippen molar-refractivity contribution in [1.82, 2.24) is 10.3 Å². The number of benzene rings is 1. The summed E-state index contributed by atoms with van der Waals surface area (Å²) in [6, 6.07) is 8.45. The molecule has 0 aliphatic carbocycles. The number of amides is 1. The van der Waals surface area contributed by atoms with E-state index < -0.39 is 11.5 Å². The van der Waals surface area contributed by atoms with Gasteiger partial charge in [-0.1, -0.05) is 0 Å². The van der Waals surface area contributed by atoms with E-state index in [0.717, 1.165) is 0 Å². The molecule has 5 nitrogen and oxygen atoms in total. The fourth-order valence-corrected chi connectivity index (χ4v) is 1.85. The van der Waals surface area contributed by atoms with Gasteiger partial charge < -0.3 is 15.0 Å². The molecule has 0 fully saturated rings. The molecular weight excluding hydrogens is 287 g/mol. The number of nitrogens with one attached hydrogen (secondary N) is 2. The van der Waals surface area contributed by atoms with Gasteiger partial charge in [-0.25, -0.2) is 4.39 Å². The Labute approximate surface area is 127 Å². The zero-order chi connectivity index (χ0) is 16.1. The molecule has 0 aliphatic heterocycles. The number of aromatic amines is 1. The first-order chi connectivity index (χ1) is 10.5. The van der Waals surface area contributed by atoms with Crippen molar-refractivity contribution in [2.45, 2.75) is 19.9 Å². The van der Waals surface area contributed by atoms with Crippen LogP contribution in [0.15, 0.2) is 41.2 Å². The number of carbonyl (C=O) groups is 1. The number of aromatic nitrogens is 1. The Balaban J connectivity index is 1.91. The van der Waals surface area contributed by atoms with E-state index in [1.165, 1.54) is 30.3 Å². The van der Waals surface area contributed by atoms with Gasteiger partial charge in [0.05, 0.1) is 6.04 Å². The molecule has 116 valence electrons. The second-order valence-corrected chi connectivity index (χ2v) is 5.02. The van der Waals surface area contributed by atoms with Crippen LogP contribution in [0.3, 0.4) is 0 Å². The van der Waals surface area contributed by atoms with Crippen LogP contribution < -0.4 is 15.6 Å². The van der Waals surface area contributed by atoms with Gasteiger partial charge in [-0.3, -0.25) is 9.59 Å². The van der Waals surface area contributed by atoms with E-state index in [1.807, 2.05) is 0 Å². The molecule has 2 rings (SSSR count). The van der Waals surface area contributed by atoms with Crippen LogP contribution in [0, 0.1) is 12.7 Å². The van der Waals surface area contributed by atoms with Crippen molar-refractivity contribution in [3.8, 4) is 5.75 Å². The van der Waals surface area contributed by atoms with Crippen LogP contribution in [-0.4, -0.2) is 23.5 Å². The molecule has 1 atom stereocenters. The molecule has 0 bridgehead atoms. The molecule has 0 aliphatic rings. The lowest BCUT2D eigenvalue weighted by Crippen LogP contribution is -2.39. The molecule has 1 aromatic carbocycles. The molecule has 0 saturated heterocycles. The number of hydrogen-bond donors (Lipinski definition) is 2. The Morgan fingerprint density at radius 3 is 2.59 bits per heavy atom. The van der Waals surface area contributed by atoms with E-state index in [-0.39, 0.29) is 24.0 Å². The number of aryl methyl sites for hydroxylation is 1. The first-order valence-electron chi connectivity index (χ1n) is 6.85. The van der Waals surface area contributed by atoms with Crippen LogP contribution in [0.1, 0.15) is 23.0 Å². The average molecular weight is 304 g/mol. The second kappa shape index (κ2) is 6.89. The molecule has 1 aromatic heterocycles. The maximum atomic E-state index is 12.8. The molecular formula is C16H17FN2O3. The molecule has 2 aromatic rings. The minimum atomic E-state index is -0.462. The van der Waals surface area contributed by atoms with Crippen LogP contribution in [-0.2, 0) is 0 Å². The van der Waals surface area contributed by atoms with Gasteiger partial charge in [0.15, 0.2) is 0 Å². The number of carbonyl (C=O) groups excluding carboxylic acids is 1. The van der Waals surface area contributed by atoms with Gasteiger partial charge in [-0.15, -0.1) is 0 Å². The summed E-state index contributed by atoms with van der Waals surface area (Å²) in [6.07, 6.45) is 0. The van der Waals surface area contributed by atoms with Gasteiger partial charge in [-0.2, -0.15) is 0 Å². The van der Waals surface area contributed by atoms with Crippen molar-refractivity contribution in [2.24, 2.45) is 0 Å². The van der Waals surface area contributed by atoms with E-state index in [4.69, 9.17) is 4.74 Å².